The lowest BCUT2D eigenvalue weighted by Crippen LogP contribution is -2.70. The number of carbonyl (C=O) groups excluding carboxylic acids is 3. The molecule has 1 N–H and O–H groups in total. The number of ether oxygens (including phenoxy) is 1. The number of rotatable bonds is 1. The highest BCUT2D eigenvalue weighted by Gasteiger charge is 2.70. The number of allylic oxidation sites excluding steroid dienone is 4. The van der Waals surface area contributed by atoms with E-state index < -0.39 is 16.4 Å². The van der Waals surface area contributed by atoms with Gasteiger partial charge in [-0.3, -0.25) is 4.79 Å². The normalized spacial score (nSPS) is 43.9. The van der Waals surface area contributed by atoms with Crippen molar-refractivity contribution < 1.29 is 19.1 Å². The van der Waals surface area contributed by atoms with Crippen molar-refractivity contribution in [2.24, 2.45) is 44.8 Å². The number of carbonyl (C=O) groups is 3. The average molecular weight is 576 g/mol. The number of hydrogen-bond acceptors (Lipinski definition) is 4. The third kappa shape index (κ3) is 3.89. The van der Waals surface area contributed by atoms with Gasteiger partial charge in [-0.15, -0.1) is 0 Å². The van der Waals surface area contributed by atoms with Crippen LogP contribution in [0, 0.1) is 51.4 Å². The zero-order valence-corrected chi connectivity index (χ0v) is 26.7. The molecule has 6 aliphatic rings. The van der Waals surface area contributed by atoms with Crippen molar-refractivity contribution in [3.63, 3.8) is 0 Å². The number of amides is 2. The van der Waals surface area contributed by atoms with Gasteiger partial charge in [0.25, 0.3) is 0 Å². The van der Waals surface area contributed by atoms with Crippen molar-refractivity contribution in [1.82, 2.24) is 10.2 Å². The van der Waals surface area contributed by atoms with Crippen molar-refractivity contribution in [1.29, 1.82) is 0 Å². The summed E-state index contributed by atoms with van der Waals surface area (Å²) in [6.07, 6.45) is 10.2. The van der Waals surface area contributed by atoms with E-state index in [0.29, 0.717) is 26.3 Å². The topological polar surface area (TPSA) is 80.1 Å². The van der Waals surface area contributed by atoms with Crippen LogP contribution in [0.4, 0.5) is 4.79 Å². The fraction of sp³-hybridized carbons (Fsp3) is 0.771. The van der Waals surface area contributed by atoms with Gasteiger partial charge in [0.2, 0.25) is 5.70 Å². The Balaban J connectivity index is 1.45. The Labute approximate surface area is 251 Å². The summed E-state index contributed by atoms with van der Waals surface area (Å²) >= 11 is 0. The van der Waals surface area contributed by atoms with Crippen molar-refractivity contribution >= 4 is 17.6 Å². The molecule has 228 valence electrons. The zero-order chi connectivity index (χ0) is 30.5. The first-order valence-corrected chi connectivity index (χ1v) is 16.1. The molecule has 4 fully saturated rings. The number of hydrogen-bond donors (Lipinski definition) is 1. The lowest BCUT2D eigenvalue weighted by molar-refractivity contribution is -0.160. The average Bonchev–Trinajstić information content (AvgIpc) is 2.93. The molecular weight excluding hydrogens is 526 g/mol. The van der Waals surface area contributed by atoms with Gasteiger partial charge in [0.15, 0.2) is 11.6 Å². The minimum Gasteiger partial charge on any atom is -0.378 e. The summed E-state index contributed by atoms with van der Waals surface area (Å²) < 4.78 is 5.50. The Kier molecular flexibility index (Phi) is 6.53. The van der Waals surface area contributed by atoms with Gasteiger partial charge in [-0.2, -0.15) is 0 Å². The van der Waals surface area contributed by atoms with Gasteiger partial charge in [0.1, 0.15) is 0 Å². The Morgan fingerprint density at radius 2 is 1.67 bits per heavy atom. The summed E-state index contributed by atoms with van der Waals surface area (Å²) in [4.78, 5) is 47.2. The van der Waals surface area contributed by atoms with Crippen molar-refractivity contribution in [2.75, 3.05) is 26.3 Å². The second kappa shape index (κ2) is 9.27. The maximum atomic E-state index is 14.7. The maximum Gasteiger partial charge on any atom is 0.317 e. The third-order valence-electron chi connectivity index (χ3n) is 13.5. The number of Topliss-reactive ketones (excluding diaryl/α,β-unsaturated/α-hetero) is 1. The summed E-state index contributed by atoms with van der Waals surface area (Å²) in [5.41, 5.74) is -0.702. The first kappa shape index (κ1) is 29.6. The molecular formula is C35H49N3O4. The molecule has 7 heteroatoms. The van der Waals surface area contributed by atoms with Crippen LogP contribution in [0.1, 0.15) is 93.4 Å². The SMILES string of the molecule is [C-]#[N+]C1=C[C@]2(C)C3=CC(=O)C4C5CC(C)(C)CC[C@]5(NC(=O)N5CCOCC5)CC[C@@]4(C)[C@]3(C)CC[C@H]2C(C)(C)C1=O. The molecule has 0 bridgehead atoms. The summed E-state index contributed by atoms with van der Waals surface area (Å²) in [5.74, 6) is 0.00742. The maximum absolute atomic E-state index is 14.7. The number of morpholine rings is 1. The molecule has 6 rings (SSSR count). The molecule has 42 heavy (non-hydrogen) atoms. The summed E-state index contributed by atoms with van der Waals surface area (Å²) in [7, 11) is 0. The Morgan fingerprint density at radius 3 is 2.33 bits per heavy atom. The van der Waals surface area contributed by atoms with E-state index in [1.807, 2.05) is 30.9 Å². The molecule has 2 unspecified atom stereocenters. The van der Waals surface area contributed by atoms with Crippen molar-refractivity contribution in [2.45, 2.75) is 99.0 Å². The predicted octanol–water partition coefficient (Wildman–Crippen LogP) is 6.35. The lowest BCUT2D eigenvalue weighted by atomic mass is 9.35. The van der Waals surface area contributed by atoms with E-state index in [0.717, 1.165) is 50.5 Å². The van der Waals surface area contributed by atoms with Gasteiger partial charge in [-0.25, -0.2) is 9.64 Å². The van der Waals surface area contributed by atoms with Gasteiger partial charge in [0.05, 0.1) is 19.8 Å². The number of ketones is 2. The lowest BCUT2D eigenvalue weighted by Gasteiger charge is -2.69. The highest BCUT2D eigenvalue weighted by Crippen LogP contribution is 2.73. The molecule has 2 amide bonds. The van der Waals surface area contributed by atoms with Gasteiger partial charge >= 0.3 is 6.03 Å². The van der Waals surface area contributed by atoms with Gasteiger partial charge in [-0.05, 0) is 79.1 Å². The Morgan fingerprint density at radius 1 is 1.00 bits per heavy atom. The highest BCUT2D eigenvalue weighted by molar-refractivity contribution is 6.03. The summed E-state index contributed by atoms with van der Waals surface area (Å²) in [6, 6.07) is -0.0174. The van der Waals surface area contributed by atoms with Crippen LogP contribution in [0.3, 0.4) is 0 Å². The first-order chi connectivity index (χ1) is 19.5. The Hall–Kier alpha value is -2.46. The molecule has 0 aromatic rings. The van der Waals surface area contributed by atoms with E-state index in [4.69, 9.17) is 11.3 Å². The molecule has 0 aromatic carbocycles. The largest absolute Gasteiger partial charge is 0.378 e. The fourth-order valence-corrected chi connectivity index (χ4v) is 10.9. The molecule has 3 saturated carbocycles. The molecule has 1 saturated heterocycles. The Bertz CT molecular complexity index is 1330. The van der Waals surface area contributed by atoms with E-state index in [-0.39, 0.29) is 57.3 Å². The molecule has 1 heterocycles. The molecule has 5 aliphatic carbocycles. The van der Waals surface area contributed by atoms with Gasteiger partial charge < -0.3 is 19.7 Å². The van der Waals surface area contributed by atoms with Crippen LogP contribution in [0.25, 0.3) is 4.85 Å². The zero-order valence-electron chi connectivity index (χ0n) is 26.7. The quantitative estimate of drug-likeness (QED) is 0.370. The number of fused-ring (bicyclic) bond motifs is 7. The van der Waals surface area contributed by atoms with E-state index >= 15 is 0 Å². The first-order valence-electron chi connectivity index (χ1n) is 16.1. The van der Waals surface area contributed by atoms with E-state index in [1.165, 1.54) is 0 Å². The molecule has 7 nitrogen and oxygen atoms in total. The van der Waals surface area contributed by atoms with Crippen LogP contribution in [0.15, 0.2) is 23.4 Å². The van der Waals surface area contributed by atoms with Crippen LogP contribution in [-0.2, 0) is 14.3 Å². The molecule has 0 radical (unpaired) electrons. The fourth-order valence-electron chi connectivity index (χ4n) is 10.9. The number of nitrogens with zero attached hydrogens (tertiary/aromatic N) is 2. The van der Waals surface area contributed by atoms with Crippen molar-refractivity contribution in [3.05, 3.63) is 34.8 Å². The third-order valence-corrected chi connectivity index (χ3v) is 13.5. The molecule has 7 atom stereocenters. The number of nitrogens with one attached hydrogen (secondary N) is 1. The van der Waals surface area contributed by atoms with Crippen LogP contribution >= 0.6 is 0 Å². The highest BCUT2D eigenvalue weighted by atomic mass is 16.5. The molecule has 1 aliphatic heterocycles. The van der Waals surface area contributed by atoms with Crippen LogP contribution in [0.2, 0.25) is 0 Å². The van der Waals surface area contributed by atoms with E-state index in [1.54, 1.807) is 0 Å². The van der Waals surface area contributed by atoms with Gasteiger partial charge in [-0.1, -0.05) is 60.1 Å². The number of urea groups is 1. The smallest absolute Gasteiger partial charge is 0.317 e. The van der Waals surface area contributed by atoms with Crippen LogP contribution in [0.5, 0.6) is 0 Å². The second-order valence-electron chi connectivity index (χ2n) is 16.4. The van der Waals surface area contributed by atoms with E-state index in [2.05, 4.69) is 44.8 Å². The molecule has 0 spiro atoms. The van der Waals surface area contributed by atoms with Crippen LogP contribution in [-0.4, -0.2) is 54.3 Å². The standard InChI is InChI=1S/C35H49N3O4/c1-30(2)11-13-35(37-29(41)38-15-17-42-18-16-38)14-12-34(7)27(22(35)20-30)24(39)19-26-32(5)21-23(36-8)28(40)31(3,4)25(32)9-10-33(26,34)6/h19,21-22,25,27H,9-18,20H2,1-7H3,(H,37,41)/t22?,25-,27?,32-,33+,34+,35-/m0/s1. The van der Waals surface area contributed by atoms with Crippen molar-refractivity contribution in [3.8, 4) is 0 Å². The minimum atomic E-state index is -0.661. The predicted molar refractivity (Wildman–Crippen MR) is 161 cm³/mol. The minimum absolute atomic E-state index is 0.0174. The van der Waals surface area contributed by atoms with E-state index in [9.17, 15) is 14.4 Å². The molecule has 0 aromatic heterocycles. The van der Waals surface area contributed by atoms with Crippen LogP contribution < -0.4 is 5.32 Å². The van der Waals surface area contributed by atoms with Gasteiger partial charge in [0, 0.05) is 35.4 Å². The monoisotopic (exact) mass is 575 g/mol. The summed E-state index contributed by atoms with van der Waals surface area (Å²) in [5, 5.41) is 3.56. The second-order valence-corrected chi connectivity index (χ2v) is 16.4. The summed E-state index contributed by atoms with van der Waals surface area (Å²) in [6.45, 7) is 25.6.